The summed E-state index contributed by atoms with van der Waals surface area (Å²) in [6, 6.07) is 0.422. The fourth-order valence-corrected chi connectivity index (χ4v) is 2.06. The van der Waals surface area contributed by atoms with Crippen LogP contribution in [-0.2, 0) is 0 Å². The summed E-state index contributed by atoms with van der Waals surface area (Å²) in [5.41, 5.74) is 0. The van der Waals surface area contributed by atoms with E-state index in [1.165, 1.54) is 0 Å². The number of hydrogen-bond acceptors (Lipinski definition) is 4. The van der Waals surface area contributed by atoms with Crippen LogP contribution in [0.3, 0.4) is 0 Å². The van der Waals surface area contributed by atoms with Crippen LogP contribution >= 0.6 is 15.9 Å². The predicted octanol–water partition coefficient (Wildman–Crippen LogP) is 3.30. The number of rotatable bonds is 6. The second kappa shape index (κ2) is 6.79. The summed E-state index contributed by atoms with van der Waals surface area (Å²) in [4.78, 5) is 11.1. The van der Waals surface area contributed by atoms with E-state index in [1.807, 2.05) is 6.20 Å². The zero-order valence-electron chi connectivity index (χ0n) is 11.0. The molecule has 1 aromatic rings. The van der Waals surface area contributed by atoms with Crippen molar-refractivity contribution < 1.29 is 0 Å². The van der Waals surface area contributed by atoms with Crippen molar-refractivity contribution in [2.45, 2.75) is 40.2 Å². The monoisotopic (exact) mass is 300 g/mol. The Labute approximate surface area is 112 Å². The van der Waals surface area contributed by atoms with Gasteiger partial charge in [-0.2, -0.15) is 4.98 Å². The average molecular weight is 301 g/mol. The largest absolute Gasteiger partial charge is 0.354 e. The molecule has 0 radical (unpaired) electrons. The highest BCUT2D eigenvalue weighted by atomic mass is 79.9. The van der Waals surface area contributed by atoms with E-state index >= 15 is 0 Å². The van der Waals surface area contributed by atoms with Gasteiger partial charge in [0.25, 0.3) is 0 Å². The highest BCUT2D eigenvalue weighted by Crippen LogP contribution is 2.25. The number of nitrogens with zero attached hydrogens (tertiary/aromatic N) is 3. The lowest BCUT2D eigenvalue weighted by Crippen LogP contribution is -2.31. The van der Waals surface area contributed by atoms with Crippen LogP contribution in [0.1, 0.15) is 34.1 Å². The van der Waals surface area contributed by atoms with Crippen molar-refractivity contribution in [3.8, 4) is 0 Å². The molecule has 96 valence electrons. The van der Waals surface area contributed by atoms with Crippen LogP contribution in [0.5, 0.6) is 0 Å². The van der Waals surface area contributed by atoms with Crippen LogP contribution < -0.4 is 10.2 Å². The molecule has 0 aromatic carbocycles. The molecule has 5 heteroatoms. The third kappa shape index (κ3) is 3.84. The van der Waals surface area contributed by atoms with Crippen LogP contribution in [-0.4, -0.2) is 29.1 Å². The van der Waals surface area contributed by atoms with Gasteiger partial charge in [-0.25, -0.2) is 4.98 Å². The highest BCUT2D eigenvalue weighted by molar-refractivity contribution is 9.10. The van der Waals surface area contributed by atoms with E-state index in [1.54, 1.807) is 0 Å². The average Bonchev–Trinajstić information content (AvgIpc) is 2.30. The second-order valence-electron chi connectivity index (χ2n) is 4.17. The summed E-state index contributed by atoms with van der Waals surface area (Å²) in [6.45, 7) is 10.4. The number of nitrogens with one attached hydrogen (secondary N) is 1. The molecule has 0 amide bonds. The van der Waals surface area contributed by atoms with Gasteiger partial charge in [-0.05, 0) is 43.1 Å². The molecule has 0 aliphatic heterocycles. The fraction of sp³-hybridized carbons (Fsp3) is 0.667. The Kier molecular flexibility index (Phi) is 5.68. The smallest absolute Gasteiger partial charge is 0.224 e. The highest BCUT2D eigenvalue weighted by Gasteiger charge is 2.14. The van der Waals surface area contributed by atoms with Crippen molar-refractivity contribution in [2.75, 3.05) is 23.3 Å². The molecular formula is C12H21BrN4. The summed E-state index contributed by atoms with van der Waals surface area (Å²) in [5, 5.41) is 3.21. The minimum Gasteiger partial charge on any atom is -0.354 e. The number of hydrogen-bond donors (Lipinski definition) is 1. The van der Waals surface area contributed by atoms with Crippen molar-refractivity contribution in [1.29, 1.82) is 0 Å². The quantitative estimate of drug-likeness (QED) is 0.875. The maximum atomic E-state index is 4.56. The summed E-state index contributed by atoms with van der Waals surface area (Å²) in [5.74, 6) is 1.65. The molecule has 0 unspecified atom stereocenters. The lowest BCUT2D eigenvalue weighted by Gasteiger charge is -2.27. The van der Waals surface area contributed by atoms with Crippen molar-refractivity contribution in [3.63, 3.8) is 0 Å². The van der Waals surface area contributed by atoms with E-state index in [9.17, 15) is 0 Å². The summed E-state index contributed by atoms with van der Waals surface area (Å²) in [7, 11) is 0. The lowest BCUT2D eigenvalue weighted by molar-refractivity contribution is 0.690. The Hall–Kier alpha value is -0.840. The first-order valence-electron chi connectivity index (χ1n) is 6.13. The number of aromatic nitrogens is 2. The molecule has 0 aliphatic carbocycles. The Morgan fingerprint density at radius 2 is 2.12 bits per heavy atom. The molecule has 0 atom stereocenters. The molecule has 1 N–H and O–H groups in total. The first-order chi connectivity index (χ1) is 8.10. The Morgan fingerprint density at radius 3 is 2.65 bits per heavy atom. The van der Waals surface area contributed by atoms with Gasteiger partial charge in [0.1, 0.15) is 5.82 Å². The Balaban J connectivity index is 2.96. The van der Waals surface area contributed by atoms with Gasteiger partial charge in [0, 0.05) is 25.3 Å². The number of halogens is 1. The van der Waals surface area contributed by atoms with Crippen molar-refractivity contribution in [3.05, 3.63) is 10.7 Å². The van der Waals surface area contributed by atoms with Gasteiger partial charge >= 0.3 is 0 Å². The number of anilines is 2. The van der Waals surface area contributed by atoms with Crippen LogP contribution in [0, 0.1) is 0 Å². The summed E-state index contributed by atoms with van der Waals surface area (Å²) >= 11 is 3.51. The molecule has 4 nitrogen and oxygen atoms in total. The molecule has 0 spiro atoms. The van der Waals surface area contributed by atoms with Crippen LogP contribution in [0.15, 0.2) is 10.7 Å². The topological polar surface area (TPSA) is 41.1 Å². The molecule has 0 saturated carbocycles. The van der Waals surface area contributed by atoms with E-state index < -0.39 is 0 Å². The maximum absolute atomic E-state index is 4.56. The molecule has 1 aromatic heterocycles. The van der Waals surface area contributed by atoms with E-state index in [-0.39, 0.29) is 0 Å². The van der Waals surface area contributed by atoms with Crippen molar-refractivity contribution in [2.24, 2.45) is 0 Å². The van der Waals surface area contributed by atoms with E-state index in [0.29, 0.717) is 12.0 Å². The van der Waals surface area contributed by atoms with Crippen LogP contribution in [0.2, 0.25) is 0 Å². The summed E-state index contributed by atoms with van der Waals surface area (Å²) < 4.78 is 0.940. The van der Waals surface area contributed by atoms with Gasteiger partial charge < -0.3 is 10.2 Å². The molecule has 0 bridgehead atoms. The van der Waals surface area contributed by atoms with E-state index in [2.05, 4.69) is 63.8 Å². The Bertz CT molecular complexity index is 354. The third-order valence-corrected chi connectivity index (χ3v) is 3.05. The first kappa shape index (κ1) is 14.2. The fourth-order valence-electron chi connectivity index (χ4n) is 1.64. The lowest BCUT2D eigenvalue weighted by atomic mass is 10.3. The maximum Gasteiger partial charge on any atom is 0.224 e. The van der Waals surface area contributed by atoms with Crippen LogP contribution in [0.4, 0.5) is 11.8 Å². The van der Waals surface area contributed by atoms with Gasteiger partial charge in [0.15, 0.2) is 0 Å². The van der Waals surface area contributed by atoms with Gasteiger partial charge in [0.2, 0.25) is 5.95 Å². The summed E-state index contributed by atoms with van der Waals surface area (Å²) in [6.07, 6.45) is 2.88. The van der Waals surface area contributed by atoms with Gasteiger partial charge in [-0.3, -0.25) is 0 Å². The standard InChI is InChI=1S/C12H21BrN4/c1-5-7-14-12-15-8-10(13)11(16-12)17(6-2)9(3)4/h8-9H,5-7H2,1-4H3,(H,14,15,16). The Morgan fingerprint density at radius 1 is 1.41 bits per heavy atom. The zero-order chi connectivity index (χ0) is 12.8. The van der Waals surface area contributed by atoms with Gasteiger partial charge in [0.05, 0.1) is 4.47 Å². The molecule has 1 heterocycles. The normalized spacial score (nSPS) is 10.7. The zero-order valence-corrected chi connectivity index (χ0v) is 12.6. The third-order valence-electron chi connectivity index (χ3n) is 2.49. The first-order valence-corrected chi connectivity index (χ1v) is 6.92. The molecule has 0 aliphatic rings. The van der Waals surface area contributed by atoms with Crippen molar-refractivity contribution >= 4 is 27.7 Å². The minimum atomic E-state index is 0.422. The SMILES string of the molecule is CCCNc1ncc(Br)c(N(CC)C(C)C)n1. The van der Waals surface area contributed by atoms with E-state index in [0.717, 1.165) is 29.8 Å². The van der Waals surface area contributed by atoms with Gasteiger partial charge in [-0.1, -0.05) is 6.92 Å². The van der Waals surface area contributed by atoms with E-state index in [4.69, 9.17) is 0 Å². The molecule has 1 rings (SSSR count). The van der Waals surface area contributed by atoms with Crippen LogP contribution in [0.25, 0.3) is 0 Å². The molecular weight excluding hydrogens is 280 g/mol. The van der Waals surface area contributed by atoms with Crippen molar-refractivity contribution in [1.82, 2.24) is 9.97 Å². The molecule has 17 heavy (non-hydrogen) atoms. The second-order valence-corrected chi connectivity index (χ2v) is 5.03. The molecule has 0 saturated heterocycles. The minimum absolute atomic E-state index is 0.422. The van der Waals surface area contributed by atoms with Gasteiger partial charge in [-0.15, -0.1) is 0 Å². The predicted molar refractivity (Wildman–Crippen MR) is 76.7 cm³/mol. The molecule has 0 fully saturated rings.